The van der Waals surface area contributed by atoms with E-state index in [2.05, 4.69) is 10.1 Å². The quantitative estimate of drug-likeness (QED) is 0.671. The smallest absolute Gasteiger partial charge is 0.387 e. The molecule has 2 rings (SSSR count). The van der Waals surface area contributed by atoms with Crippen LogP contribution in [0.1, 0.15) is 30.5 Å². The molecule has 0 bridgehead atoms. The first kappa shape index (κ1) is 22.7. The van der Waals surface area contributed by atoms with Crippen molar-refractivity contribution in [2.45, 2.75) is 32.5 Å². The molecule has 1 unspecified atom stereocenters. The number of nitrogens with one attached hydrogen (secondary N) is 1. The van der Waals surface area contributed by atoms with Gasteiger partial charge in [-0.1, -0.05) is 36.4 Å². The van der Waals surface area contributed by atoms with Gasteiger partial charge in [0.25, 0.3) is 0 Å². The minimum Gasteiger partial charge on any atom is -0.490 e. The lowest BCUT2D eigenvalue weighted by Gasteiger charge is -2.14. The summed E-state index contributed by atoms with van der Waals surface area (Å²) < 4.78 is 34.6. The van der Waals surface area contributed by atoms with Crippen LogP contribution in [0, 0.1) is 0 Å². The van der Waals surface area contributed by atoms with Gasteiger partial charge in [-0.15, -0.1) is 12.4 Å². The predicted molar refractivity (Wildman–Crippen MR) is 101 cm³/mol. The fraction of sp³-hybridized carbons (Fsp3) is 0.316. The third-order valence-electron chi connectivity index (χ3n) is 3.65. The van der Waals surface area contributed by atoms with E-state index in [0.717, 1.165) is 5.56 Å². The fourth-order valence-electron chi connectivity index (χ4n) is 2.41. The molecule has 0 radical (unpaired) electrons. The van der Waals surface area contributed by atoms with E-state index in [1.807, 2.05) is 30.3 Å². The third-order valence-corrected chi connectivity index (χ3v) is 3.65. The Kier molecular flexibility index (Phi) is 9.53. The number of hydrogen-bond acceptors (Lipinski definition) is 4. The van der Waals surface area contributed by atoms with E-state index in [0.29, 0.717) is 12.2 Å². The monoisotopic (exact) mass is 400 g/mol. The number of benzene rings is 2. The summed E-state index contributed by atoms with van der Waals surface area (Å²) in [6.07, 6.45) is 0.148. The standard InChI is InChI=1S/C19H22F2N2O3.ClH/c1-2-25-17-10-13(8-9-16(17)26-19(20)21)12-23-18(24)11-15(22)14-6-4-3-5-7-14;/h3-10,15,19H,2,11-12,22H2,1H3,(H,23,24);1H. The van der Waals surface area contributed by atoms with E-state index >= 15 is 0 Å². The van der Waals surface area contributed by atoms with Crippen LogP contribution in [0.4, 0.5) is 8.78 Å². The van der Waals surface area contributed by atoms with Gasteiger partial charge in [0.1, 0.15) is 0 Å². The predicted octanol–water partition coefficient (Wildman–Crippen LogP) is 3.81. The van der Waals surface area contributed by atoms with Gasteiger partial charge in [0.05, 0.1) is 6.61 Å². The van der Waals surface area contributed by atoms with E-state index in [1.54, 1.807) is 19.1 Å². The molecule has 2 aromatic carbocycles. The van der Waals surface area contributed by atoms with Crippen LogP contribution in [0.25, 0.3) is 0 Å². The Morgan fingerprint density at radius 3 is 2.48 bits per heavy atom. The number of alkyl halides is 2. The first-order chi connectivity index (χ1) is 12.5. The Morgan fingerprint density at radius 1 is 1.15 bits per heavy atom. The number of halogens is 3. The summed E-state index contributed by atoms with van der Waals surface area (Å²) in [7, 11) is 0. The molecule has 2 aromatic rings. The summed E-state index contributed by atoms with van der Waals surface area (Å²) in [6, 6.07) is 13.5. The largest absolute Gasteiger partial charge is 0.490 e. The number of carbonyl (C=O) groups is 1. The van der Waals surface area contributed by atoms with Crippen molar-refractivity contribution in [3.8, 4) is 11.5 Å². The molecular weight excluding hydrogens is 378 g/mol. The number of carbonyl (C=O) groups excluding carboxylic acids is 1. The maximum absolute atomic E-state index is 12.4. The highest BCUT2D eigenvalue weighted by Gasteiger charge is 2.13. The summed E-state index contributed by atoms with van der Waals surface area (Å²) in [4.78, 5) is 12.1. The highest BCUT2D eigenvalue weighted by molar-refractivity contribution is 5.85. The Labute approximate surface area is 163 Å². The zero-order valence-electron chi connectivity index (χ0n) is 14.9. The lowest BCUT2D eigenvalue weighted by atomic mass is 10.0. The van der Waals surface area contributed by atoms with Gasteiger partial charge < -0.3 is 20.5 Å². The van der Waals surface area contributed by atoms with E-state index in [4.69, 9.17) is 10.5 Å². The molecular formula is C19H23ClF2N2O3. The average molecular weight is 401 g/mol. The Bertz CT molecular complexity index is 717. The maximum Gasteiger partial charge on any atom is 0.387 e. The summed E-state index contributed by atoms with van der Waals surface area (Å²) >= 11 is 0. The summed E-state index contributed by atoms with van der Waals surface area (Å²) in [5.74, 6) is -0.0317. The molecule has 8 heteroatoms. The number of ether oxygens (including phenoxy) is 2. The molecule has 0 saturated carbocycles. The van der Waals surface area contributed by atoms with Gasteiger partial charge in [-0.2, -0.15) is 8.78 Å². The van der Waals surface area contributed by atoms with Crippen molar-refractivity contribution >= 4 is 18.3 Å². The van der Waals surface area contributed by atoms with Crippen LogP contribution in [0.5, 0.6) is 11.5 Å². The molecule has 3 N–H and O–H groups in total. The topological polar surface area (TPSA) is 73.6 Å². The lowest BCUT2D eigenvalue weighted by Crippen LogP contribution is -2.27. The summed E-state index contributed by atoms with van der Waals surface area (Å²) in [6.45, 7) is -0.651. The van der Waals surface area contributed by atoms with Crippen molar-refractivity contribution in [2.24, 2.45) is 5.73 Å². The molecule has 0 spiro atoms. The molecule has 1 amide bonds. The van der Waals surface area contributed by atoms with E-state index in [-0.39, 0.29) is 42.8 Å². The second-order valence-corrected chi connectivity index (χ2v) is 5.59. The normalized spacial score (nSPS) is 11.4. The van der Waals surface area contributed by atoms with Crippen molar-refractivity contribution in [3.63, 3.8) is 0 Å². The molecule has 27 heavy (non-hydrogen) atoms. The highest BCUT2D eigenvalue weighted by Crippen LogP contribution is 2.29. The van der Waals surface area contributed by atoms with E-state index in [1.165, 1.54) is 6.07 Å². The number of amides is 1. The van der Waals surface area contributed by atoms with Crippen LogP contribution in [0.2, 0.25) is 0 Å². The number of hydrogen-bond donors (Lipinski definition) is 2. The first-order valence-corrected chi connectivity index (χ1v) is 8.27. The summed E-state index contributed by atoms with van der Waals surface area (Å²) in [5, 5.41) is 2.77. The zero-order valence-corrected chi connectivity index (χ0v) is 15.7. The van der Waals surface area contributed by atoms with Crippen molar-refractivity contribution in [3.05, 3.63) is 59.7 Å². The first-order valence-electron chi connectivity index (χ1n) is 8.27. The van der Waals surface area contributed by atoms with Crippen molar-refractivity contribution in [1.82, 2.24) is 5.32 Å². The molecule has 0 aliphatic rings. The van der Waals surface area contributed by atoms with Crippen LogP contribution in [0.3, 0.4) is 0 Å². The highest BCUT2D eigenvalue weighted by atomic mass is 35.5. The molecule has 1 atom stereocenters. The Hall–Kier alpha value is -2.38. The molecule has 0 aromatic heterocycles. The van der Waals surface area contributed by atoms with Gasteiger partial charge in [-0.25, -0.2) is 0 Å². The van der Waals surface area contributed by atoms with Gasteiger partial charge in [-0.3, -0.25) is 4.79 Å². The van der Waals surface area contributed by atoms with Gasteiger partial charge in [0.15, 0.2) is 11.5 Å². The van der Waals surface area contributed by atoms with Crippen LogP contribution in [0.15, 0.2) is 48.5 Å². The van der Waals surface area contributed by atoms with Gasteiger partial charge >= 0.3 is 6.61 Å². The molecule has 0 aliphatic heterocycles. The van der Waals surface area contributed by atoms with Gasteiger partial charge in [0, 0.05) is 19.0 Å². The molecule has 5 nitrogen and oxygen atoms in total. The van der Waals surface area contributed by atoms with Crippen molar-refractivity contribution in [2.75, 3.05) is 6.61 Å². The lowest BCUT2D eigenvalue weighted by molar-refractivity contribution is -0.121. The van der Waals surface area contributed by atoms with Crippen LogP contribution >= 0.6 is 12.4 Å². The Morgan fingerprint density at radius 2 is 1.85 bits per heavy atom. The van der Waals surface area contributed by atoms with E-state index < -0.39 is 12.7 Å². The maximum atomic E-state index is 12.4. The van der Waals surface area contributed by atoms with Crippen LogP contribution in [-0.2, 0) is 11.3 Å². The average Bonchev–Trinajstić information content (AvgIpc) is 2.62. The van der Waals surface area contributed by atoms with Crippen molar-refractivity contribution in [1.29, 1.82) is 0 Å². The minimum absolute atomic E-state index is 0. The van der Waals surface area contributed by atoms with Gasteiger partial charge in [-0.05, 0) is 30.2 Å². The number of rotatable bonds is 9. The minimum atomic E-state index is -2.93. The second-order valence-electron chi connectivity index (χ2n) is 5.59. The molecule has 0 aliphatic carbocycles. The fourth-order valence-corrected chi connectivity index (χ4v) is 2.41. The Balaban J connectivity index is 0.00000364. The zero-order chi connectivity index (χ0) is 18.9. The second kappa shape index (κ2) is 11.4. The molecule has 0 fully saturated rings. The summed E-state index contributed by atoms with van der Waals surface area (Å²) in [5.41, 5.74) is 7.62. The van der Waals surface area contributed by atoms with Crippen molar-refractivity contribution < 1.29 is 23.0 Å². The molecule has 0 saturated heterocycles. The van der Waals surface area contributed by atoms with E-state index in [9.17, 15) is 13.6 Å². The van der Waals surface area contributed by atoms with Crippen LogP contribution in [-0.4, -0.2) is 19.1 Å². The van der Waals surface area contributed by atoms with Gasteiger partial charge in [0.2, 0.25) is 5.91 Å². The van der Waals surface area contributed by atoms with Crippen LogP contribution < -0.4 is 20.5 Å². The number of nitrogens with two attached hydrogens (primary N) is 1. The third kappa shape index (κ3) is 7.40. The molecule has 148 valence electrons. The molecule has 0 heterocycles. The SMILES string of the molecule is CCOc1cc(CNC(=O)CC(N)c2ccccc2)ccc1OC(F)F.Cl.